The number of hydrogen-bond acceptors (Lipinski definition) is 4. The molecule has 26 heavy (non-hydrogen) atoms. The molecule has 1 heterocycles. The highest BCUT2D eigenvalue weighted by atomic mass is 32.2. The van der Waals surface area contributed by atoms with Crippen LogP contribution in [0.15, 0.2) is 23.2 Å². The van der Waals surface area contributed by atoms with Crippen LogP contribution in [0.3, 0.4) is 0 Å². The van der Waals surface area contributed by atoms with Gasteiger partial charge in [-0.1, -0.05) is 43.2 Å². The van der Waals surface area contributed by atoms with E-state index in [-0.39, 0.29) is 11.9 Å². The molecule has 1 aromatic carbocycles. The first-order valence-electron chi connectivity index (χ1n) is 9.22. The van der Waals surface area contributed by atoms with Crippen molar-refractivity contribution in [1.82, 2.24) is 10.3 Å². The monoisotopic (exact) mass is 367 g/mol. The fraction of sp³-hybridized carbons (Fsp3) is 0.476. The second kappa shape index (κ2) is 8.09. The number of nitrogens with zero attached hydrogens (tertiary/aromatic N) is 2. The maximum atomic E-state index is 12.4. The maximum Gasteiger partial charge on any atom is 0.230 e. The van der Waals surface area contributed by atoms with Crippen LogP contribution >= 0.6 is 11.8 Å². The molecule has 1 aromatic heterocycles. The molecule has 2 atom stereocenters. The number of amides is 1. The summed E-state index contributed by atoms with van der Waals surface area (Å²) in [6.07, 6.45) is 4.69. The predicted molar refractivity (Wildman–Crippen MR) is 106 cm³/mol. The van der Waals surface area contributed by atoms with Gasteiger partial charge < -0.3 is 5.32 Å². The van der Waals surface area contributed by atoms with E-state index in [1.165, 1.54) is 31.0 Å². The van der Waals surface area contributed by atoms with Crippen molar-refractivity contribution >= 4 is 28.6 Å². The molecule has 1 amide bonds. The van der Waals surface area contributed by atoms with E-state index in [0.717, 1.165) is 28.5 Å². The lowest BCUT2D eigenvalue weighted by Crippen LogP contribution is -2.41. The zero-order valence-electron chi connectivity index (χ0n) is 15.6. The van der Waals surface area contributed by atoms with Crippen LogP contribution in [-0.4, -0.2) is 22.7 Å². The number of benzene rings is 1. The lowest BCUT2D eigenvalue weighted by atomic mass is 9.86. The Hall–Kier alpha value is -2.06. The molecule has 0 spiro atoms. The van der Waals surface area contributed by atoms with E-state index in [1.807, 2.05) is 26.0 Å². The van der Waals surface area contributed by atoms with Gasteiger partial charge in [0.1, 0.15) is 11.1 Å². The van der Waals surface area contributed by atoms with Crippen LogP contribution < -0.4 is 5.32 Å². The van der Waals surface area contributed by atoms with Crippen molar-refractivity contribution in [3.8, 4) is 6.07 Å². The van der Waals surface area contributed by atoms with E-state index in [0.29, 0.717) is 22.3 Å². The Balaban J connectivity index is 1.73. The molecular formula is C21H25N3OS. The number of hydrogen-bond donors (Lipinski definition) is 1. The lowest BCUT2D eigenvalue weighted by Gasteiger charge is -2.29. The molecule has 5 heteroatoms. The van der Waals surface area contributed by atoms with Crippen LogP contribution in [0.4, 0.5) is 0 Å². The van der Waals surface area contributed by atoms with E-state index < -0.39 is 0 Å². The largest absolute Gasteiger partial charge is 0.352 e. The predicted octanol–water partition coefficient (Wildman–Crippen LogP) is 4.51. The summed E-state index contributed by atoms with van der Waals surface area (Å²) in [5.74, 6) is 0.860. The van der Waals surface area contributed by atoms with Gasteiger partial charge in [-0.25, -0.2) is 4.98 Å². The zero-order valence-corrected chi connectivity index (χ0v) is 16.4. The normalized spacial score (nSPS) is 19.9. The van der Waals surface area contributed by atoms with E-state index in [9.17, 15) is 10.1 Å². The second-order valence-electron chi connectivity index (χ2n) is 7.33. The molecule has 1 aliphatic carbocycles. The van der Waals surface area contributed by atoms with Gasteiger partial charge in [0.2, 0.25) is 5.91 Å². The minimum atomic E-state index is 0.0279. The lowest BCUT2D eigenvalue weighted by molar-refractivity contribution is -0.119. The number of pyridine rings is 1. The van der Waals surface area contributed by atoms with Crippen LogP contribution in [0.2, 0.25) is 0 Å². The summed E-state index contributed by atoms with van der Waals surface area (Å²) >= 11 is 1.35. The summed E-state index contributed by atoms with van der Waals surface area (Å²) in [5, 5.41) is 14.2. The zero-order chi connectivity index (χ0) is 18.7. The molecule has 1 saturated carbocycles. The van der Waals surface area contributed by atoms with Crippen molar-refractivity contribution in [2.24, 2.45) is 5.92 Å². The van der Waals surface area contributed by atoms with Crippen LogP contribution in [0, 0.1) is 31.1 Å². The van der Waals surface area contributed by atoms with Gasteiger partial charge in [0, 0.05) is 11.4 Å². The number of nitriles is 1. The van der Waals surface area contributed by atoms with Gasteiger partial charge in [0.05, 0.1) is 16.8 Å². The molecular weight excluding hydrogens is 342 g/mol. The summed E-state index contributed by atoms with van der Waals surface area (Å²) in [7, 11) is 0. The fourth-order valence-corrected chi connectivity index (χ4v) is 4.50. The third-order valence-corrected chi connectivity index (χ3v) is 6.13. The number of rotatable bonds is 4. The fourth-order valence-electron chi connectivity index (χ4n) is 3.74. The summed E-state index contributed by atoms with van der Waals surface area (Å²) < 4.78 is 0. The van der Waals surface area contributed by atoms with Crippen molar-refractivity contribution in [1.29, 1.82) is 5.26 Å². The second-order valence-corrected chi connectivity index (χ2v) is 8.29. The molecule has 0 bridgehead atoms. The Morgan fingerprint density at radius 1 is 1.31 bits per heavy atom. The van der Waals surface area contributed by atoms with Gasteiger partial charge in [-0.3, -0.25) is 4.79 Å². The summed E-state index contributed by atoms with van der Waals surface area (Å²) in [5.41, 5.74) is 3.68. The maximum absolute atomic E-state index is 12.4. The van der Waals surface area contributed by atoms with Crippen LogP contribution in [0.1, 0.15) is 49.3 Å². The number of carbonyl (C=O) groups excluding carboxylic acids is 1. The van der Waals surface area contributed by atoms with Crippen molar-refractivity contribution in [3.63, 3.8) is 0 Å². The summed E-state index contributed by atoms with van der Waals surface area (Å²) in [6.45, 7) is 6.28. The molecule has 2 unspecified atom stereocenters. The highest BCUT2D eigenvalue weighted by Gasteiger charge is 2.23. The first-order valence-corrected chi connectivity index (χ1v) is 10.2. The SMILES string of the molecule is Cc1cc(C)c2nc(SCC(=O)NC3CCCCC3C)c(C#N)cc2c1. The first kappa shape index (κ1) is 18.7. The molecule has 3 rings (SSSR count). The highest BCUT2D eigenvalue weighted by molar-refractivity contribution is 8.00. The number of thioether (sulfide) groups is 1. The Bertz CT molecular complexity index is 872. The van der Waals surface area contributed by atoms with Gasteiger partial charge >= 0.3 is 0 Å². The van der Waals surface area contributed by atoms with Gasteiger partial charge in [0.25, 0.3) is 0 Å². The van der Waals surface area contributed by atoms with Gasteiger partial charge in [0.15, 0.2) is 0 Å². The average Bonchev–Trinajstić information content (AvgIpc) is 2.61. The molecule has 4 nitrogen and oxygen atoms in total. The number of aryl methyl sites for hydroxylation is 2. The highest BCUT2D eigenvalue weighted by Crippen LogP contribution is 2.28. The van der Waals surface area contributed by atoms with E-state index in [1.54, 1.807) is 0 Å². The molecule has 1 N–H and O–H groups in total. The number of carbonyl (C=O) groups is 1. The Kier molecular flexibility index (Phi) is 5.83. The molecule has 2 aromatic rings. The molecule has 136 valence electrons. The molecule has 1 aliphatic rings. The standard InChI is InChI=1S/C21H25N3OS/c1-13-8-15(3)20-16(9-13)10-17(11-22)21(24-20)26-12-19(25)23-18-7-5-4-6-14(18)2/h8-10,14,18H,4-7,12H2,1-3H3,(H,23,25). The van der Waals surface area contributed by atoms with Crippen molar-refractivity contribution < 1.29 is 4.79 Å². The third kappa shape index (κ3) is 4.19. The summed E-state index contributed by atoms with van der Waals surface area (Å²) in [4.78, 5) is 17.0. The van der Waals surface area contributed by atoms with Crippen LogP contribution in [0.25, 0.3) is 10.9 Å². The van der Waals surface area contributed by atoms with Gasteiger partial charge in [-0.05, 0) is 50.3 Å². The topological polar surface area (TPSA) is 65.8 Å². The first-order chi connectivity index (χ1) is 12.5. The smallest absolute Gasteiger partial charge is 0.230 e. The molecule has 0 aliphatic heterocycles. The molecule has 0 saturated heterocycles. The van der Waals surface area contributed by atoms with Crippen LogP contribution in [-0.2, 0) is 4.79 Å². The minimum Gasteiger partial charge on any atom is -0.352 e. The number of aromatic nitrogens is 1. The van der Waals surface area contributed by atoms with E-state index >= 15 is 0 Å². The van der Waals surface area contributed by atoms with Crippen LogP contribution in [0.5, 0.6) is 0 Å². The van der Waals surface area contributed by atoms with Crippen molar-refractivity contribution in [3.05, 3.63) is 34.9 Å². The molecule has 0 radical (unpaired) electrons. The Morgan fingerprint density at radius 3 is 2.81 bits per heavy atom. The van der Waals surface area contributed by atoms with E-state index in [2.05, 4.69) is 29.4 Å². The third-order valence-electron chi connectivity index (χ3n) is 5.14. The quantitative estimate of drug-likeness (QED) is 0.808. The Labute approximate surface area is 159 Å². The van der Waals surface area contributed by atoms with Crippen molar-refractivity contribution in [2.45, 2.75) is 57.5 Å². The van der Waals surface area contributed by atoms with E-state index in [4.69, 9.17) is 0 Å². The van der Waals surface area contributed by atoms with Gasteiger partial charge in [-0.2, -0.15) is 5.26 Å². The van der Waals surface area contributed by atoms with Crippen molar-refractivity contribution in [2.75, 3.05) is 5.75 Å². The van der Waals surface area contributed by atoms with Gasteiger partial charge in [-0.15, -0.1) is 0 Å². The Morgan fingerprint density at radius 2 is 2.08 bits per heavy atom. The average molecular weight is 368 g/mol. The number of fused-ring (bicyclic) bond motifs is 1. The number of nitrogens with one attached hydrogen (secondary N) is 1. The minimum absolute atomic E-state index is 0.0279. The molecule has 1 fully saturated rings. The summed E-state index contributed by atoms with van der Waals surface area (Å²) in [6, 6.07) is 8.52.